The zero-order valence-corrected chi connectivity index (χ0v) is 12.0. The van der Waals surface area contributed by atoms with Crippen LogP contribution in [0.3, 0.4) is 0 Å². The highest BCUT2D eigenvalue weighted by molar-refractivity contribution is 7.09. The molecular weight excluding hydrogens is 272 g/mol. The van der Waals surface area contributed by atoms with Crippen molar-refractivity contribution < 1.29 is 0 Å². The Bertz CT molecular complexity index is 675. The Morgan fingerprint density at radius 3 is 3.05 bits per heavy atom. The summed E-state index contributed by atoms with van der Waals surface area (Å²) in [4.78, 5) is 10.2. The second-order valence-electron chi connectivity index (χ2n) is 4.39. The fraction of sp³-hybridized carbons (Fsp3) is 0.308. The second-order valence-corrected chi connectivity index (χ2v) is 5.42. The summed E-state index contributed by atoms with van der Waals surface area (Å²) in [6.45, 7) is 3.71. The number of fused-ring (bicyclic) bond motifs is 1. The number of aromatic nitrogens is 4. The maximum Gasteiger partial charge on any atom is 0.226 e. The first kappa shape index (κ1) is 12.9. The van der Waals surface area contributed by atoms with Gasteiger partial charge in [0.15, 0.2) is 5.65 Å². The molecule has 0 saturated carbocycles. The van der Waals surface area contributed by atoms with Crippen molar-refractivity contribution in [3.63, 3.8) is 0 Å². The van der Waals surface area contributed by atoms with Crippen molar-refractivity contribution in [3.8, 4) is 0 Å². The quantitative estimate of drug-likeness (QED) is 0.650. The molecule has 0 aromatic carbocycles. The van der Waals surface area contributed by atoms with E-state index in [1.165, 1.54) is 4.88 Å². The number of rotatable bonds is 6. The molecule has 3 aromatic rings. The molecule has 3 heterocycles. The molecule has 0 amide bonds. The Kier molecular flexibility index (Phi) is 3.78. The molecule has 104 valence electrons. The van der Waals surface area contributed by atoms with E-state index in [0.29, 0.717) is 5.95 Å². The van der Waals surface area contributed by atoms with E-state index in [2.05, 4.69) is 49.2 Å². The fourth-order valence-corrected chi connectivity index (χ4v) is 2.51. The summed E-state index contributed by atoms with van der Waals surface area (Å²) >= 11 is 1.72. The molecule has 0 unspecified atom stereocenters. The van der Waals surface area contributed by atoms with Gasteiger partial charge in [-0.15, -0.1) is 11.3 Å². The van der Waals surface area contributed by atoms with Crippen molar-refractivity contribution in [2.24, 2.45) is 0 Å². The minimum Gasteiger partial charge on any atom is -0.364 e. The van der Waals surface area contributed by atoms with Crippen LogP contribution in [0.15, 0.2) is 23.7 Å². The van der Waals surface area contributed by atoms with E-state index in [1.807, 2.05) is 6.07 Å². The molecule has 0 atom stereocenters. The molecule has 0 radical (unpaired) electrons. The van der Waals surface area contributed by atoms with E-state index in [-0.39, 0.29) is 0 Å². The van der Waals surface area contributed by atoms with Crippen molar-refractivity contribution in [1.29, 1.82) is 0 Å². The van der Waals surface area contributed by atoms with Gasteiger partial charge in [0.25, 0.3) is 0 Å². The average Bonchev–Trinajstić information content (AvgIpc) is 3.13. The van der Waals surface area contributed by atoms with Gasteiger partial charge in [-0.1, -0.05) is 13.0 Å². The molecule has 0 aliphatic heterocycles. The van der Waals surface area contributed by atoms with Crippen molar-refractivity contribution in [2.45, 2.75) is 19.9 Å². The molecule has 0 spiro atoms. The fourth-order valence-electron chi connectivity index (χ4n) is 1.87. The Balaban J connectivity index is 1.85. The monoisotopic (exact) mass is 288 g/mol. The molecule has 20 heavy (non-hydrogen) atoms. The Labute approximate surface area is 120 Å². The van der Waals surface area contributed by atoms with Gasteiger partial charge in [-0.05, 0) is 17.9 Å². The maximum absolute atomic E-state index is 4.52. The van der Waals surface area contributed by atoms with Crippen LogP contribution in [0.2, 0.25) is 0 Å². The van der Waals surface area contributed by atoms with Gasteiger partial charge in [0.05, 0.1) is 18.1 Å². The summed E-state index contributed by atoms with van der Waals surface area (Å²) in [7, 11) is 0. The van der Waals surface area contributed by atoms with E-state index >= 15 is 0 Å². The van der Waals surface area contributed by atoms with Gasteiger partial charge < -0.3 is 10.6 Å². The third-order valence-corrected chi connectivity index (χ3v) is 3.73. The van der Waals surface area contributed by atoms with Gasteiger partial charge in [0, 0.05) is 11.4 Å². The summed E-state index contributed by atoms with van der Waals surface area (Å²) in [5, 5.41) is 16.5. The van der Waals surface area contributed by atoms with Crippen LogP contribution in [0.25, 0.3) is 11.0 Å². The van der Waals surface area contributed by atoms with Crippen LogP contribution < -0.4 is 10.6 Å². The highest BCUT2D eigenvalue weighted by Crippen LogP contribution is 2.21. The SMILES string of the molecule is CCCNc1nc(NCc2cccs2)c2cn[nH]c2n1. The van der Waals surface area contributed by atoms with Gasteiger partial charge in [0.2, 0.25) is 5.95 Å². The minimum atomic E-state index is 0.622. The van der Waals surface area contributed by atoms with Gasteiger partial charge in [0.1, 0.15) is 5.82 Å². The number of H-pyrrole nitrogens is 1. The van der Waals surface area contributed by atoms with Crippen molar-refractivity contribution in [1.82, 2.24) is 20.2 Å². The Morgan fingerprint density at radius 2 is 2.25 bits per heavy atom. The van der Waals surface area contributed by atoms with E-state index in [4.69, 9.17) is 0 Å². The zero-order valence-electron chi connectivity index (χ0n) is 11.2. The molecule has 0 saturated heterocycles. The summed E-state index contributed by atoms with van der Waals surface area (Å²) in [6, 6.07) is 4.14. The van der Waals surface area contributed by atoms with E-state index in [0.717, 1.165) is 36.4 Å². The third kappa shape index (κ3) is 2.72. The highest BCUT2D eigenvalue weighted by Gasteiger charge is 2.09. The molecular formula is C13H16N6S. The lowest BCUT2D eigenvalue weighted by Crippen LogP contribution is -2.07. The smallest absolute Gasteiger partial charge is 0.226 e. The number of nitrogens with one attached hydrogen (secondary N) is 3. The van der Waals surface area contributed by atoms with E-state index in [9.17, 15) is 0 Å². The molecule has 0 aliphatic carbocycles. The van der Waals surface area contributed by atoms with Crippen molar-refractivity contribution in [2.75, 3.05) is 17.2 Å². The van der Waals surface area contributed by atoms with Gasteiger partial charge in [-0.25, -0.2) is 0 Å². The molecule has 0 fully saturated rings. The molecule has 0 bridgehead atoms. The average molecular weight is 288 g/mol. The molecule has 3 aromatic heterocycles. The highest BCUT2D eigenvalue weighted by atomic mass is 32.1. The molecule has 7 heteroatoms. The van der Waals surface area contributed by atoms with Crippen molar-refractivity contribution in [3.05, 3.63) is 28.6 Å². The lowest BCUT2D eigenvalue weighted by molar-refractivity contribution is 0.953. The summed E-state index contributed by atoms with van der Waals surface area (Å²) in [6.07, 6.45) is 2.78. The van der Waals surface area contributed by atoms with Crippen LogP contribution in [0.4, 0.5) is 11.8 Å². The lowest BCUT2D eigenvalue weighted by Gasteiger charge is -2.08. The van der Waals surface area contributed by atoms with E-state index in [1.54, 1.807) is 17.5 Å². The third-order valence-electron chi connectivity index (χ3n) is 2.85. The summed E-state index contributed by atoms with van der Waals surface area (Å²) in [5.74, 6) is 1.42. The molecule has 3 rings (SSSR count). The number of aromatic amines is 1. The van der Waals surface area contributed by atoms with Gasteiger partial charge in [-0.3, -0.25) is 5.10 Å². The number of hydrogen-bond donors (Lipinski definition) is 3. The van der Waals surface area contributed by atoms with Crippen LogP contribution in [0.1, 0.15) is 18.2 Å². The second kappa shape index (κ2) is 5.87. The van der Waals surface area contributed by atoms with Gasteiger partial charge in [-0.2, -0.15) is 15.1 Å². The molecule has 6 nitrogen and oxygen atoms in total. The number of hydrogen-bond acceptors (Lipinski definition) is 6. The molecule has 0 aliphatic rings. The van der Waals surface area contributed by atoms with Crippen LogP contribution in [0.5, 0.6) is 0 Å². The molecule has 3 N–H and O–H groups in total. The van der Waals surface area contributed by atoms with Crippen LogP contribution >= 0.6 is 11.3 Å². The summed E-state index contributed by atoms with van der Waals surface area (Å²) in [5.41, 5.74) is 0.743. The largest absolute Gasteiger partial charge is 0.364 e. The number of thiophene rings is 1. The predicted octanol–water partition coefficient (Wildman–Crippen LogP) is 2.85. The first-order chi connectivity index (χ1) is 9.86. The number of nitrogens with zero attached hydrogens (tertiary/aromatic N) is 3. The summed E-state index contributed by atoms with van der Waals surface area (Å²) < 4.78 is 0. The van der Waals surface area contributed by atoms with Crippen LogP contribution in [-0.4, -0.2) is 26.7 Å². The zero-order chi connectivity index (χ0) is 13.8. The first-order valence-electron chi connectivity index (χ1n) is 6.58. The minimum absolute atomic E-state index is 0.622. The number of anilines is 2. The van der Waals surface area contributed by atoms with Crippen LogP contribution in [-0.2, 0) is 6.54 Å². The van der Waals surface area contributed by atoms with Gasteiger partial charge >= 0.3 is 0 Å². The van der Waals surface area contributed by atoms with Crippen molar-refractivity contribution >= 4 is 34.1 Å². The standard InChI is InChI=1S/C13H16N6S/c1-2-5-14-13-17-11(10-8-16-19-12(10)18-13)15-7-9-4-3-6-20-9/h3-4,6,8H,2,5,7H2,1H3,(H3,14,15,16,17,18,19). The topological polar surface area (TPSA) is 78.5 Å². The lowest BCUT2D eigenvalue weighted by atomic mass is 10.3. The normalized spacial score (nSPS) is 10.8. The van der Waals surface area contributed by atoms with Crippen LogP contribution in [0, 0.1) is 0 Å². The Hall–Kier alpha value is -2.15. The Morgan fingerprint density at radius 1 is 1.30 bits per heavy atom. The maximum atomic E-state index is 4.52. The predicted molar refractivity (Wildman–Crippen MR) is 82.1 cm³/mol. The van der Waals surface area contributed by atoms with E-state index < -0.39 is 0 Å². The first-order valence-corrected chi connectivity index (χ1v) is 7.46.